The van der Waals surface area contributed by atoms with Gasteiger partial charge in [0.15, 0.2) is 0 Å². The van der Waals surface area contributed by atoms with Gasteiger partial charge in [0.2, 0.25) is 0 Å². The highest BCUT2D eigenvalue weighted by Gasteiger charge is 2.66. The van der Waals surface area contributed by atoms with Crippen LogP contribution < -0.4 is 5.73 Å². The molecular formula is C17H32N2O. The zero-order chi connectivity index (χ0) is 14.5. The predicted octanol–water partition coefficient (Wildman–Crippen LogP) is 2.50. The summed E-state index contributed by atoms with van der Waals surface area (Å²) in [5.74, 6) is 2.23. The maximum absolute atomic E-state index is 6.92. The molecule has 0 radical (unpaired) electrons. The Morgan fingerprint density at radius 1 is 1.20 bits per heavy atom. The van der Waals surface area contributed by atoms with E-state index in [1.807, 2.05) is 0 Å². The van der Waals surface area contributed by atoms with Crippen LogP contribution in [-0.4, -0.2) is 42.8 Å². The van der Waals surface area contributed by atoms with Crippen molar-refractivity contribution in [1.29, 1.82) is 0 Å². The van der Waals surface area contributed by atoms with Crippen molar-refractivity contribution in [3.8, 4) is 0 Å². The smallest absolute Gasteiger partial charge is 0.0690 e. The van der Waals surface area contributed by atoms with Crippen LogP contribution >= 0.6 is 0 Å². The van der Waals surface area contributed by atoms with E-state index in [2.05, 4.69) is 32.6 Å². The molecule has 20 heavy (non-hydrogen) atoms. The molecule has 3 rings (SSSR count). The standard InChI is InChI=1S/C17H32N2O/c1-12-7-8-19(10-13(12)2)11-17(18)14-6-5-9-20-15(14)16(17,3)4/h12-15H,5-11,18H2,1-4H3. The summed E-state index contributed by atoms with van der Waals surface area (Å²) in [5.41, 5.74) is 6.98. The molecule has 0 aromatic heterocycles. The van der Waals surface area contributed by atoms with E-state index in [-0.39, 0.29) is 11.0 Å². The Labute approximate surface area is 124 Å². The highest BCUT2D eigenvalue weighted by molar-refractivity contribution is 5.21. The van der Waals surface area contributed by atoms with Crippen LogP contribution in [0.5, 0.6) is 0 Å². The Morgan fingerprint density at radius 2 is 1.95 bits per heavy atom. The number of ether oxygens (including phenoxy) is 1. The molecule has 1 saturated carbocycles. The fraction of sp³-hybridized carbons (Fsp3) is 1.00. The summed E-state index contributed by atoms with van der Waals surface area (Å²) in [6.45, 7) is 13.8. The first-order valence-electron chi connectivity index (χ1n) is 8.49. The number of piperidine rings is 1. The van der Waals surface area contributed by atoms with Crippen molar-refractivity contribution in [3.63, 3.8) is 0 Å². The summed E-state index contributed by atoms with van der Waals surface area (Å²) in [5, 5.41) is 0. The van der Waals surface area contributed by atoms with E-state index < -0.39 is 0 Å². The van der Waals surface area contributed by atoms with Gasteiger partial charge >= 0.3 is 0 Å². The SMILES string of the molecule is CC1CCN(CC2(N)C3CCCOC3C2(C)C)CC1C. The van der Waals surface area contributed by atoms with Crippen molar-refractivity contribution in [3.05, 3.63) is 0 Å². The van der Waals surface area contributed by atoms with Gasteiger partial charge in [-0.05, 0) is 37.6 Å². The molecule has 1 aliphatic carbocycles. The minimum atomic E-state index is -0.0572. The second-order valence-electron chi connectivity index (χ2n) is 8.28. The van der Waals surface area contributed by atoms with Gasteiger partial charge in [-0.15, -0.1) is 0 Å². The van der Waals surface area contributed by atoms with Crippen LogP contribution in [0.4, 0.5) is 0 Å². The van der Waals surface area contributed by atoms with Gasteiger partial charge in [-0.2, -0.15) is 0 Å². The van der Waals surface area contributed by atoms with Crippen molar-refractivity contribution in [2.75, 3.05) is 26.2 Å². The molecule has 5 atom stereocenters. The van der Waals surface area contributed by atoms with Crippen molar-refractivity contribution < 1.29 is 4.74 Å². The molecule has 2 heterocycles. The van der Waals surface area contributed by atoms with Gasteiger partial charge in [0.1, 0.15) is 0 Å². The molecule has 0 aromatic rings. The summed E-state index contributed by atoms with van der Waals surface area (Å²) < 4.78 is 6.02. The Bertz CT molecular complexity index is 370. The monoisotopic (exact) mass is 280 g/mol. The maximum atomic E-state index is 6.92. The third kappa shape index (κ3) is 2.05. The molecular weight excluding hydrogens is 248 g/mol. The number of nitrogens with zero attached hydrogens (tertiary/aromatic N) is 1. The van der Waals surface area contributed by atoms with Gasteiger partial charge in [0.25, 0.3) is 0 Å². The number of fused-ring (bicyclic) bond motifs is 1. The van der Waals surface area contributed by atoms with Crippen molar-refractivity contribution >= 4 is 0 Å². The number of likely N-dealkylation sites (tertiary alicyclic amines) is 1. The predicted molar refractivity (Wildman–Crippen MR) is 82.5 cm³/mol. The molecule has 2 N–H and O–H groups in total. The lowest BCUT2D eigenvalue weighted by Crippen LogP contribution is -2.80. The lowest BCUT2D eigenvalue weighted by atomic mass is 9.46. The molecule has 3 heteroatoms. The number of rotatable bonds is 2. The third-order valence-electron chi connectivity index (χ3n) is 6.80. The molecule has 3 nitrogen and oxygen atoms in total. The Hall–Kier alpha value is -0.120. The Morgan fingerprint density at radius 3 is 2.65 bits per heavy atom. The molecule has 0 bridgehead atoms. The van der Waals surface area contributed by atoms with Crippen molar-refractivity contribution in [1.82, 2.24) is 4.90 Å². The Balaban J connectivity index is 1.69. The molecule has 0 spiro atoms. The van der Waals surface area contributed by atoms with E-state index in [1.165, 1.54) is 32.4 Å². The molecule has 5 unspecified atom stereocenters. The first-order valence-corrected chi connectivity index (χ1v) is 8.49. The molecule has 3 fully saturated rings. The van der Waals surface area contributed by atoms with Gasteiger partial charge in [0, 0.05) is 36.6 Å². The zero-order valence-corrected chi connectivity index (χ0v) is 13.7. The summed E-state index contributed by atoms with van der Waals surface area (Å²) in [4.78, 5) is 2.62. The topological polar surface area (TPSA) is 38.5 Å². The lowest BCUT2D eigenvalue weighted by molar-refractivity contribution is -0.233. The van der Waals surface area contributed by atoms with Crippen LogP contribution in [0.1, 0.15) is 47.0 Å². The second kappa shape index (κ2) is 4.96. The normalized spacial score (nSPS) is 48.5. The van der Waals surface area contributed by atoms with E-state index in [0.717, 1.165) is 25.0 Å². The summed E-state index contributed by atoms with van der Waals surface area (Å²) in [6, 6.07) is 0. The molecule has 3 aliphatic rings. The average Bonchev–Trinajstić information content (AvgIpc) is 2.43. The van der Waals surface area contributed by atoms with Crippen LogP contribution in [-0.2, 0) is 4.74 Å². The quantitative estimate of drug-likeness (QED) is 0.844. The molecule has 116 valence electrons. The average molecular weight is 280 g/mol. The van der Waals surface area contributed by atoms with Crippen LogP contribution in [0.25, 0.3) is 0 Å². The first kappa shape index (κ1) is 14.8. The minimum Gasteiger partial charge on any atom is -0.377 e. The largest absolute Gasteiger partial charge is 0.377 e. The van der Waals surface area contributed by atoms with Gasteiger partial charge in [-0.3, -0.25) is 0 Å². The van der Waals surface area contributed by atoms with Gasteiger partial charge in [0.05, 0.1) is 6.10 Å². The third-order valence-corrected chi connectivity index (χ3v) is 6.80. The number of hydrogen-bond acceptors (Lipinski definition) is 3. The molecule has 0 amide bonds. The second-order valence-corrected chi connectivity index (χ2v) is 8.28. The van der Waals surface area contributed by atoms with E-state index in [4.69, 9.17) is 10.5 Å². The summed E-state index contributed by atoms with van der Waals surface area (Å²) >= 11 is 0. The maximum Gasteiger partial charge on any atom is 0.0690 e. The molecule has 2 saturated heterocycles. The Kier molecular flexibility index (Phi) is 3.67. The van der Waals surface area contributed by atoms with E-state index in [9.17, 15) is 0 Å². The molecule has 2 aliphatic heterocycles. The van der Waals surface area contributed by atoms with E-state index in [0.29, 0.717) is 12.0 Å². The van der Waals surface area contributed by atoms with Gasteiger partial charge in [-0.1, -0.05) is 27.7 Å². The first-order chi connectivity index (χ1) is 9.36. The summed E-state index contributed by atoms with van der Waals surface area (Å²) in [7, 11) is 0. The minimum absolute atomic E-state index is 0.0572. The van der Waals surface area contributed by atoms with Crippen molar-refractivity contribution in [2.45, 2.75) is 58.6 Å². The fourth-order valence-electron chi connectivity index (χ4n) is 4.85. The lowest BCUT2D eigenvalue weighted by Gasteiger charge is -2.67. The van der Waals surface area contributed by atoms with E-state index >= 15 is 0 Å². The van der Waals surface area contributed by atoms with Crippen LogP contribution in [0.15, 0.2) is 0 Å². The zero-order valence-electron chi connectivity index (χ0n) is 13.7. The highest BCUT2D eigenvalue weighted by Crippen LogP contribution is 2.57. The van der Waals surface area contributed by atoms with E-state index in [1.54, 1.807) is 0 Å². The van der Waals surface area contributed by atoms with Gasteiger partial charge < -0.3 is 15.4 Å². The van der Waals surface area contributed by atoms with Crippen molar-refractivity contribution in [2.24, 2.45) is 28.9 Å². The van der Waals surface area contributed by atoms with Crippen LogP contribution in [0.3, 0.4) is 0 Å². The molecule has 0 aromatic carbocycles. The van der Waals surface area contributed by atoms with Crippen LogP contribution in [0.2, 0.25) is 0 Å². The fourth-order valence-corrected chi connectivity index (χ4v) is 4.85. The summed E-state index contributed by atoms with van der Waals surface area (Å²) in [6.07, 6.45) is 4.15. The highest BCUT2D eigenvalue weighted by atomic mass is 16.5. The number of nitrogens with two attached hydrogens (primary N) is 1. The van der Waals surface area contributed by atoms with Crippen LogP contribution in [0, 0.1) is 23.2 Å². The van der Waals surface area contributed by atoms with Gasteiger partial charge in [-0.25, -0.2) is 0 Å². The number of hydrogen-bond donors (Lipinski definition) is 1.